The van der Waals surface area contributed by atoms with Crippen LogP contribution in [0.15, 0.2) is 35.2 Å². The number of hydrogen-bond acceptors (Lipinski definition) is 9. The predicted octanol–water partition coefficient (Wildman–Crippen LogP) is 4.92. The van der Waals surface area contributed by atoms with Crippen molar-refractivity contribution in [3.05, 3.63) is 59.4 Å². The summed E-state index contributed by atoms with van der Waals surface area (Å²) in [5.74, 6) is 0.791. The zero-order valence-electron chi connectivity index (χ0n) is 21.3. The molecule has 1 aromatic carbocycles. The molecular formula is C26H29FN8O2. The van der Waals surface area contributed by atoms with Crippen LogP contribution in [-0.4, -0.2) is 40.7 Å². The molecule has 0 bridgehead atoms. The van der Waals surface area contributed by atoms with Gasteiger partial charge in [-0.2, -0.15) is 15.1 Å². The molecule has 0 fully saturated rings. The molecule has 11 heteroatoms. The smallest absolute Gasteiger partial charge is 0.238 e. The number of Topliss-reactive ketones (excluding diaryl/α,β-unsaturated/α-hetero) is 1. The van der Waals surface area contributed by atoms with Crippen molar-refractivity contribution in [1.29, 1.82) is 0 Å². The lowest BCUT2D eigenvalue weighted by atomic mass is 9.87. The second kappa shape index (κ2) is 9.79. The highest BCUT2D eigenvalue weighted by molar-refractivity contribution is 5.93. The Bertz CT molecular complexity index is 1440. The summed E-state index contributed by atoms with van der Waals surface area (Å²) in [6.07, 6.45) is 6.78. The highest BCUT2D eigenvalue weighted by atomic mass is 19.1. The molecular weight excluding hydrogens is 475 g/mol. The maximum absolute atomic E-state index is 15.5. The fourth-order valence-corrected chi connectivity index (χ4v) is 4.51. The van der Waals surface area contributed by atoms with Crippen molar-refractivity contribution in [2.45, 2.75) is 64.2 Å². The minimum Gasteiger partial charge on any atom is -0.338 e. The van der Waals surface area contributed by atoms with E-state index in [0.717, 1.165) is 36.8 Å². The maximum Gasteiger partial charge on any atom is 0.238 e. The molecule has 1 atom stereocenters. The first-order valence-corrected chi connectivity index (χ1v) is 12.3. The summed E-state index contributed by atoms with van der Waals surface area (Å²) in [5, 5.41) is 11.2. The Morgan fingerprint density at radius 2 is 2.05 bits per heavy atom. The van der Waals surface area contributed by atoms with E-state index in [0.29, 0.717) is 17.3 Å². The van der Waals surface area contributed by atoms with Crippen LogP contribution in [0.5, 0.6) is 0 Å². The molecule has 5 rings (SSSR count). The van der Waals surface area contributed by atoms with Crippen molar-refractivity contribution >= 4 is 17.5 Å². The molecule has 3 heterocycles. The lowest BCUT2D eigenvalue weighted by molar-refractivity contribution is 0.0959. The zero-order chi connectivity index (χ0) is 26.2. The van der Waals surface area contributed by atoms with Crippen LogP contribution in [0.3, 0.4) is 0 Å². The van der Waals surface area contributed by atoms with Crippen LogP contribution >= 0.6 is 0 Å². The fraction of sp³-hybridized carbons (Fsp3) is 0.423. The molecule has 1 aliphatic rings. The second-order valence-corrected chi connectivity index (χ2v) is 10.4. The molecule has 0 spiro atoms. The quantitative estimate of drug-likeness (QED) is 0.288. The Hall–Kier alpha value is -4.02. The van der Waals surface area contributed by atoms with E-state index in [1.165, 1.54) is 12.4 Å². The minimum absolute atomic E-state index is 0.0749. The number of rotatable bonds is 6. The minimum atomic E-state index is -0.442. The van der Waals surface area contributed by atoms with Gasteiger partial charge < -0.3 is 9.84 Å². The first kappa shape index (κ1) is 24.7. The summed E-state index contributed by atoms with van der Waals surface area (Å²) in [6, 6.07) is 5.12. The normalized spacial score (nSPS) is 15.8. The summed E-state index contributed by atoms with van der Waals surface area (Å²) >= 11 is 0. The lowest BCUT2D eigenvalue weighted by Gasteiger charge is -2.18. The Balaban J connectivity index is 1.40. The van der Waals surface area contributed by atoms with E-state index in [2.05, 4.69) is 35.5 Å². The van der Waals surface area contributed by atoms with Gasteiger partial charge in [0.05, 0.1) is 5.56 Å². The molecule has 1 aliphatic carbocycles. The Kier molecular flexibility index (Phi) is 6.53. The number of halogens is 1. The largest absolute Gasteiger partial charge is 0.338 e. The number of nitrogens with one attached hydrogen (secondary N) is 1. The van der Waals surface area contributed by atoms with Crippen molar-refractivity contribution in [1.82, 2.24) is 34.9 Å². The summed E-state index contributed by atoms with van der Waals surface area (Å²) in [5.41, 5.74) is 1.79. The molecule has 0 aliphatic heterocycles. The molecule has 0 saturated carbocycles. The van der Waals surface area contributed by atoms with Gasteiger partial charge in [-0.1, -0.05) is 32.3 Å². The van der Waals surface area contributed by atoms with E-state index >= 15 is 4.39 Å². The van der Waals surface area contributed by atoms with E-state index in [9.17, 15) is 4.79 Å². The third-order valence-electron chi connectivity index (χ3n) is 6.43. The van der Waals surface area contributed by atoms with Gasteiger partial charge in [-0.3, -0.25) is 9.48 Å². The first-order valence-electron chi connectivity index (χ1n) is 12.3. The summed E-state index contributed by atoms with van der Waals surface area (Å²) in [6.45, 7) is 5.84. The molecule has 192 valence electrons. The number of ketones is 1. The number of aryl methyl sites for hydroxylation is 2. The van der Waals surface area contributed by atoms with Gasteiger partial charge in [-0.05, 0) is 48.4 Å². The Morgan fingerprint density at radius 3 is 2.78 bits per heavy atom. The Morgan fingerprint density at radius 1 is 1.22 bits per heavy atom. The topological polar surface area (TPSA) is 125 Å². The molecule has 0 amide bonds. The number of fused-ring (bicyclic) bond motifs is 1. The van der Waals surface area contributed by atoms with Gasteiger partial charge in [0.25, 0.3) is 0 Å². The standard InChI is InChI=1S/C26H29FN8O2/c1-26(2,3)24-31-23(34-37-24)20(36)12-16-8-6-5-7-15-11-18(19(27)13-17(15)16)22-28-14-29-25(32-22)30-21-9-10-35(4)33-21/h9-11,13-14,16H,5-8,12H2,1-4H3,(H,28,29,30,32,33)/t16-/m0/s1. The molecule has 10 nitrogen and oxygen atoms in total. The van der Waals surface area contributed by atoms with Gasteiger partial charge >= 0.3 is 0 Å². The average molecular weight is 505 g/mol. The Labute approximate surface area is 213 Å². The monoisotopic (exact) mass is 504 g/mol. The fourth-order valence-electron chi connectivity index (χ4n) is 4.51. The van der Waals surface area contributed by atoms with Crippen LogP contribution in [0, 0.1) is 5.82 Å². The number of carbonyl (C=O) groups excluding carboxylic acids is 1. The van der Waals surface area contributed by atoms with Gasteiger partial charge in [-0.25, -0.2) is 14.4 Å². The second-order valence-electron chi connectivity index (χ2n) is 10.4. The van der Waals surface area contributed by atoms with Gasteiger partial charge in [0.15, 0.2) is 11.6 Å². The van der Waals surface area contributed by atoms with Gasteiger partial charge in [0.1, 0.15) is 12.1 Å². The number of nitrogens with zero attached hydrogens (tertiary/aromatic N) is 7. The van der Waals surface area contributed by atoms with Crippen LogP contribution in [0.4, 0.5) is 16.2 Å². The molecule has 4 aromatic rings. The summed E-state index contributed by atoms with van der Waals surface area (Å²) < 4.78 is 22.4. The molecule has 0 unspecified atom stereocenters. The zero-order valence-corrected chi connectivity index (χ0v) is 21.3. The van der Waals surface area contributed by atoms with Crippen LogP contribution < -0.4 is 5.32 Å². The molecule has 37 heavy (non-hydrogen) atoms. The number of aromatic nitrogens is 7. The molecule has 3 aromatic heterocycles. The highest BCUT2D eigenvalue weighted by Gasteiger charge is 2.28. The van der Waals surface area contributed by atoms with E-state index in [-0.39, 0.29) is 41.1 Å². The van der Waals surface area contributed by atoms with Crippen LogP contribution in [0.2, 0.25) is 0 Å². The van der Waals surface area contributed by atoms with E-state index < -0.39 is 5.82 Å². The van der Waals surface area contributed by atoms with Crippen molar-refractivity contribution < 1.29 is 13.7 Å². The SMILES string of the molecule is Cn1ccc(Nc2ncnc(-c3cc4c(cc3F)[C@H](CC(=O)c3noc(C(C)(C)C)n3)CCCC4)n2)n1. The predicted molar refractivity (Wildman–Crippen MR) is 134 cm³/mol. The molecule has 0 saturated heterocycles. The van der Waals surface area contributed by atoms with E-state index in [1.54, 1.807) is 30.1 Å². The molecule has 1 N–H and O–H groups in total. The van der Waals surface area contributed by atoms with Gasteiger partial charge in [0, 0.05) is 31.1 Å². The van der Waals surface area contributed by atoms with Crippen LogP contribution in [-0.2, 0) is 18.9 Å². The van der Waals surface area contributed by atoms with Crippen molar-refractivity contribution in [3.63, 3.8) is 0 Å². The third kappa shape index (κ3) is 5.40. The van der Waals surface area contributed by atoms with Crippen molar-refractivity contribution in [3.8, 4) is 11.4 Å². The third-order valence-corrected chi connectivity index (χ3v) is 6.43. The number of benzene rings is 1. The van der Waals surface area contributed by atoms with Crippen LogP contribution in [0.1, 0.15) is 80.0 Å². The van der Waals surface area contributed by atoms with Crippen molar-refractivity contribution in [2.75, 3.05) is 5.32 Å². The van der Waals surface area contributed by atoms with Gasteiger partial charge in [-0.15, -0.1) is 0 Å². The highest BCUT2D eigenvalue weighted by Crippen LogP contribution is 2.37. The summed E-state index contributed by atoms with van der Waals surface area (Å²) in [4.78, 5) is 30.1. The number of hydrogen-bond donors (Lipinski definition) is 1. The number of carbonyl (C=O) groups is 1. The molecule has 0 radical (unpaired) electrons. The average Bonchev–Trinajstić information content (AvgIpc) is 3.47. The van der Waals surface area contributed by atoms with Crippen molar-refractivity contribution in [2.24, 2.45) is 7.05 Å². The first-order chi connectivity index (χ1) is 17.7. The van der Waals surface area contributed by atoms with Crippen LogP contribution in [0.25, 0.3) is 11.4 Å². The maximum atomic E-state index is 15.5. The van der Waals surface area contributed by atoms with E-state index in [4.69, 9.17) is 4.52 Å². The number of anilines is 2. The summed E-state index contributed by atoms with van der Waals surface area (Å²) in [7, 11) is 1.81. The lowest BCUT2D eigenvalue weighted by Crippen LogP contribution is -2.13. The van der Waals surface area contributed by atoms with E-state index in [1.807, 2.05) is 20.8 Å². The van der Waals surface area contributed by atoms with Gasteiger partial charge in [0.2, 0.25) is 23.4 Å².